The summed E-state index contributed by atoms with van der Waals surface area (Å²) in [5.41, 5.74) is 0.825. The van der Waals surface area contributed by atoms with Crippen LogP contribution >= 0.6 is 0 Å². The summed E-state index contributed by atoms with van der Waals surface area (Å²) in [6, 6.07) is 0. The SMILES string of the molecule is COC(=O)c1cnc(CO)nc1C. The van der Waals surface area contributed by atoms with Gasteiger partial charge in [0.2, 0.25) is 0 Å². The summed E-state index contributed by atoms with van der Waals surface area (Å²) in [6.07, 6.45) is 1.35. The van der Waals surface area contributed by atoms with E-state index in [1.54, 1.807) is 6.92 Å². The molecule has 0 aliphatic rings. The van der Waals surface area contributed by atoms with Gasteiger partial charge in [-0.05, 0) is 6.92 Å². The fourth-order valence-corrected chi connectivity index (χ4v) is 0.902. The third kappa shape index (κ3) is 2.00. The van der Waals surface area contributed by atoms with Crippen molar-refractivity contribution >= 4 is 5.97 Å². The molecule has 0 saturated carbocycles. The van der Waals surface area contributed by atoms with Gasteiger partial charge in [0.25, 0.3) is 0 Å². The number of hydrogen-bond donors (Lipinski definition) is 1. The number of ether oxygens (including phenoxy) is 1. The number of aliphatic hydroxyl groups excluding tert-OH is 1. The Bertz CT molecular complexity index is 325. The van der Waals surface area contributed by atoms with Crippen molar-refractivity contribution in [1.82, 2.24) is 9.97 Å². The first-order valence-electron chi connectivity index (χ1n) is 3.70. The van der Waals surface area contributed by atoms with Gasteiger partial charge in [-0.1, -0.05) is 0 Å². The Balaban J connectivity index is 3.05. The van der Waals surface area contributed by atoms with Crippen LogP contribution in [0.2, 0.25) is 0 Å². The van der Waals surface area contributed by atoms with Gasteiger partial charge in [0, 0.05) is 6.20 Å². The number of rotatable bonds is 2. The Morgan fingerprint density at radius 3 is 2.85 bits per heavy atom. The van der Waals surface area contributed by atoms with Gasteiger partial charge in [-0.15, -0.1) is 0 Å². The van der Waals surface area contributed by atoms with Crippen LogP contribution in [0.1, 0.15) is 21.9 Å². The Morgan fingerprint density at radius 1 is 1.69 bits per heavy atom. The molecule has 13 heavy (non-hydrogen) atoms. The Hall–Kier alpha value is -1.49. The van der Waals surface area contributed by atoms with Gasteiger partial charge in [0.05, 0.1) is 18.4 Å². The minimum Gasteiger partial charge on any atom is -0.465 e. The van der Waals surface area contributed by atoms with Gasteiger partial charge in [-0.25, -0.2) is 14.8 Å². The maximum Gasteiger partial charge on any atom is 0.341 e. The number of methoxy groups -OCH3 is 1. The summed E-state index contributed by atoms with van der Waals surface area (Å²) in [6.45, 7) is 1.43. The Morgan fingerprint density at radius 2 is 2.38 bits per heavy atom. The highest BCUT2D eigenvalue weighted by Crippen LogP contribution is 2.05. The number of aromatic nitrogens is 2. The molecule has 1 rings (SSSR count). The summed E-state index contributed by atoms with van der Waals surface area (Å²) >= 11 is 0. The van der Waals surface area contributed by atoms with Crippen molar-refractivity contribution in [3.8, 4) is 0 Å². The van der Waals surface area contributed by atoms with Gasteiger partial charge in [0.15, 0.2) is 5.82 Å². The molecule has 70 valence electrons. The number of hydrogen-bond acceptors (Lipinski definition) is 5. The molecule has 0 aliphatic carbocycles. The van der Waals surface area contributed by atoms with Crippen LogP contribution in [-0.2, 0) is 11.3 Å². The summed E-state index contributed by atoms with van der Waals surface area (Å²) in [5, 5.41) is 8.71. The van der Waals surface area contributed by atoms with Gasteiger partial charge in [0.1, 0.15) is 6.61 Å². The molecule has 5 nitrogen and oxygen atoms in total. The lowest BCUT2D eigenvalue weighted by Crippen LogP contribution is -2.08. The largest absolute Gasteiger partial charge is 0.465 e. The first-order valence-corrected chi connectivity index (χ1v) is 3.70. The van der Waals surface area contributed by atoms with E-state index in [2.05, 4.69) is 14.7 Å². The van der Waals surface area contributed by atoms with E-state index in [4.69, 9.17) is 5.11 Å². The van der Waals surface area contributed by atoms with Gasteiger partial charge in [-0.3, -0.25) is 0 Å². The summed E-state index contributed by atoms with van der Waals surface area (Å²) in [7, 11) is 1.29. The first kappa shape index (κ1) is 9.60. The van der Waals surface area contributed by atoms with Crippen molar-refractivity contribution in [2.24, 2.45) is 0 Å². The fraction of sp³-hybridized carbons (Fsp3) is 0.375. The fourth-order valence-electron chi connectivity index (χ4n) is 0.902. The van der Waals surface area contributed by atoms with Crippen molar-refractivity contribution in [1.29, 1.82) is 0 Å². The Kier molecular flexibility index (Phi) is 2.92. The number of nitrogens with zero attached hydrogens (tertiary/aromatic N) is 2. The molecule has 0 amide bonds. The predicted octanol–water partition coefficient (Wildman–Crippen LogP) is 0.0639. The van der Waals surface area contributed by atoms with Crippen molar-refractivity contribution in [2.45, 2.75) is 13.5 Å². The standard InChI is InChI=1S/C8H10N2O3/c1-5-6(8(12)13-2)3-9-7(4-11)10-5/h3,11H,4H2,1-2H3. The highest BCUT2D eigenvalue weighted by molar-refractivity contribution is 5.89. The number of esters is 1. The second kappa shape index (κ2) is 3.95. The second-order valence-corrected chi connectivity index (χ2v) is 2.44. The number of aryl methyl sites for hydroxylation is 1. The van der Waals surface area contributed by atoms with Crippen molar-refractivity contribution in [3.63, 3.8) is 0 Å². The van der Waals surface area contributed by atoms with Crippen LogP contribution in [0.5, 0.6) is 0 Å². The van der Waals surface area contributed by atoms with E-state index in [9.17, 15) is 4.79 Å². The van der Waals surface area contributed by atoms with E-state index in [-0.39, 0.29) is 6.61 Å². The van der Waals surface area contributed by atoms with Gasteiger partial charge < -0.3 is 9.84 Å². The van der Waals surface area contributed by atoms with E-state index in [1.165, 1.54) is 13.3 Å². The molecule has 0 unspecified atom stereocenters. The average Bonchev–Trinajstić information content (AvgIpc) is 2.16. The van der Waals surface area contributed by atoms with Crippen LogP contribution < -0.4 is 0 Å². The smallest absolute Gasteiger partial charge is 0.341 e. The number of carbonyl (C=O) groups excluding carboxylic acids is 1. The maximum atomic E-state index is 11.1. The van der Waals surface area contributed by atoms with Gasteiger partial charge >= 0.3 is 5.97 Å². The van der Waals surface area contributed by atoms with Crippen LogP contribution in [0, 0.1) is 6.92 Å². The monoisotopic (exact) mass is 182 g/mol. The molecule has 1 aromatic rings. The molecule has 1 aromatic heterocycles. The summed E-state index contributed by atoms with van der Waals surface area (Å²) in [4.78, 5) is 18.7. The third-order valence-corrected chi connectivity index (χ3v) is 1.58. The minimum absolute atomic E-state index is 0.234. The predicted molar refractivity (Wildman–Crippen MR) is 44.0 cm³/mol. The minimum atomic E-state index is -0.470. The Labute approximate surface area is 75.4 Å². The van der Waals surface area contributed by atoms with Crippen molar-refractivity contribution in [3.05, 3.63) is 23.3 Å². The number of carbonyl (C=O) groups is 1. The lowest BCUT2D eigenvalue weighted by atomic mass is 10.2. The molecule has 0 saturated heterocycles. The lowest BCUT2D eigenvalue weighted by molar-refractivity contribution is 0.0598. The molecule has 0 radical (unpaired) electrons. The highest BCUT2D eigenvalue weighted by atomic mass is 16.5. The molecule has 0 bridgehead atoms. The van der Waals surface area contributed by atoms with Crippen LogP contribution in [0.4, 0.5) is 0 Å². The average molecular weight is 182 g/mol. The molecular weight excluding hydrogens is 172 g/mol. The molecule has 0 atom stereocenters. The molecular formula is C8H10N2O3. The molecule has 1 N–H and O–H groups in total. The van der Waals surface area contributed by atoms with Crippen LogP contribution in [0.25, 0.3) is 0 Å². The normalized spacial score (nSPS) is 9.77. The lowest BCUT2D eigenvalue weighted by Gasteiger charge is -2.02. The highest BCUT2D eigenvalue weighted by Gasteiger charge is 2.10. The molecule has 0 spiro atoms. The van der Waals surface area contributed by atoms with Crippen LogP contribution in [-0.4, -0.2) is 28.2 Å². The van der Waals surface area contributed by atoms with Crippen molar-refractivity contribution < 1.29 is 14.6 Å². The van der Waals surface area contributed by atoms with E-state index in [1.807, 2.05) is 0 Å². The topological polar surface area (TPSA) is 72.3 Å². The van der Waals surface area contributed by atoms with E-state index < -0.39 is 5.97 Å². The van der Waals surface area contributed by atoms with E-state index in [0.29, 0.717) is 17.1 Å². The summed E-state index contributed by atoms with van der Waals surface area (Å²) in [5.74, 6) is -0.174. The quantitative estimate of drug-likeness (QED) is 0.655. The van der Waals surface area contributed by atoms with Gasteiger partial charge in [-0.2, -0.15) is 0 Å². The molecule has 0 aromatic carbocycles. The first-order chi connectivity index (χ1) is 6.19. The van der Waals surface area contributed by atoms with E-state index in [0.717, 1.165) is 0 Å². The van der Waals surface area contributed by atoms with E-state index >= 15 is 0 Å². The third-order valence-electron chi connectivity index (χ3n) is 1.58. The molecule has 0 fully saturated rings. The van der Waals surface area contributed by atoms with Crippen molar-refractivity contribution in [2.75, 3.05) is 7.11 Å². The van der Waals surface area contributed by atoms with Crippen LogP contribution in [0.15, 0.2) is 6.20 Å². The maximum absolute atomic E-state index is 11.1. The zero-order chi connectivity index (χ0) is 9.84. The second-order valence-electron chi connectivity index (χ2n) is 2.44. The summed E-state index contributed by atoms with van der Waals surface area (Å²) < 4.78 is 4.51. The molecule has 1 heterocycles. The zero-order valence-electron chi connectivity index (χ0n) is 7.44. The molecule has 0 aliphatic heterocycles. The molecule has 5 heteroatoms. The zero-order valence-corrected chi connectivity index (χ0v) is 7.44. The number of aliphatic hydroxyl groups is 1. The van der Waals surface area contributed by atoms with Crippen LogP contribution in [0.3, 0.4) is 0 Å².